The lowest BCUT2D eigenvalue weighted by atomic mass is 10.1. The molecule has 1 aliphatic rings. The zero-order chi connectivity index (χ0) is 15.5. The molecule has 2 rings (SSSR count). The van der Waals surface area contributed by atoms with E-state index in [0.29, 0.717) is 6.42 Å². The van der Waals surface area contributed by atoms with Gasteiger partial charge in [0.25, 0.3) is 0 Å². The fourth-order valence-electron chi connectivity index (χ4n) is 2.40. The van der Waals surface area contributed by atoms with Crippen LogP contribution in [0.3, 0.4) is 0 Å². The minimum absolute atomic E-state index is 0.0742. The molecule has 0 amide bonds. The van der Waals surface area contributed by atoms with Crippen molar-refractivity contribution in [1.82, 2.24) is 0 Å². The molecule has 0 aliphatic heterocycles. The molecule has 116 valence electrons. The quantitative estimate of drug-likeness (QED) is 0.738. The molecule has 0 heterocycles. The summed E-state index contributed by atoms with van der Waals surface area (Å²) >= 11 is 5.32. The molecular weight excluding hydrogens is 350 g/mol. The van der Waals surface area contributed by atoms with Gasteiger partial charge in [-0.25, -0.2) is 0 Å². The number of halogens is 1. The maximum Gasteiger partial charge on any atom is 0.306 e. The van der Waals surface area contributed by atoms with Gasteiger partial charge < -0.3 is 10.5 Å². The van der Waals surface area contributed by atoms with Crippen molar-refractivity contribution in [2.45, 2.75) is 37.5 Å². The van der Waals surface area contributed by atoms with Crippen LogP contribution in [0.15, 0.2) is 28.7 Å². The SMILES string of the molecule is COC(=O)CC1(CSC(c2ccc(Br)cc2)C(C)N)CC1. The Bertz CT molecular complexity index is 486. The van der Waals surface area contributed by atoms with Gasteiger partial charge in [0.15, 0.2) is 0 Å². The molecule has 1 aromatic carbocycles. The van der Waals surface area contributed by atoms with Crippen molar-refractivity contribution < 1.29 is 9.53 Å². The minimum Gasteiger partial charge on any atom is -0.469 e. The van der Waals surface area contributed by atoms with Crippen LogP contribution in [-0.2, 0) is 9.53 Å². The van der Waals surface area contributed by atoms with Crippen LogP contribution in [0.1, 0.15) is 37.0 Å². The van der Waals surface area contributed by atoms with E-state index in [4.69, 9.17) is 10.5 Å². The first-order valence-electron chi connectivity index (χ1n) is 7.15. The van der Waals surface area contributed by atoms with Crippen LogP contribution in [-0.4, -0.2) is 24.9 Å². The van der Waals surface area contributed by atoms with Gasteiger partial charge in [0.2, 0.25) is 0 Å². The summed E-state index contributed by atoms with van der Waals surface area (Å²) in [6, 6.07) is 8.40. The number of benzene rings is 1. The summed E-state index contributed by atoms with van der Waals surface area (Å²) in [6.45, 7) is 2.04. The maximum atomic E-state index is 11.5. The van der Waals surface area contributed by atoms with Crippen molar-refractivity contribution in [3.63, 3.8) is 0 Å². The zero-order valence-corrected chi connectivity index (χ0v) is 14.9. The highest BCUT2D eigenvalue weighted by atomic mass is 79.9. The van der Waals surface area contributed by atoms with Crippen LogP contribution in [0.25, 0.3) is 0 Å². The Morgan fingerprint density at radius 1 is 1.43 bits per heavy atom. The predicted molar refractivity (Wildman–Crippen MR) is 91.3 cm³/mol. The molecule has 0 aromatic heterocycles. The third kappa shape index (κ3) is 4.73. The third-order valence-corrected chi connectivity index (χ3v) is 6.32. The first-order chi connectivity index (χ1) is 9.96. The number of thioether (sulfide) groups is 1. The summed E-state index contributed by atoms with van der Waals surface area (Å²) in [5.74, 6) is 0.860. The second-order valence-electron chi connectivity index (χ2n) is 5.90. The topological polar surface area (TPSA) is 52.3 Å². The van der Waals surface area contributed by atoms with Crippen molar-refractivity contribution in [3.05, 3.63) is 34.3 Å². The van der Waals surface area contributed by atoms with Crippen LogP contribution < -0.4 is 5.73 Å². The number of carbonyl (C=O) groups excluding carboxylic acids is 1. The average molecular weight is 372 g/mol. The largest absolute Gasteiger partial charge is 0.469 e. The Labute approximate surface area is 139 Å². The Balaban J connectivity index is 1.98. The summed E-state index contributed by atoms with van der Waals surface area (Å²) in [5.41, 5.74) is 7.54. The van der Waals surface area contributed by atoms with Crippen LogP contribution in [0.4, 0.5) is 0 Å². The minimum atomic E-state index is -0.103. The highest BCUT2D eigenvalue weighted by Gasteiger charge is 2.45. The molecule has 2 unspecified atom stereocenters. The van der Waals surface area contributed by atoms with Crippen molar-refractivity contribution in [2.75, 3.05) is 12.9 Å². The van der Waals surface area contributed by atoms with E-state index < -0.39 is 0 Å². The fourth-order valence-corrected chi connectivity index (χ4v) is 4.24. The number of ether oxygens (including phenoxy) is 1. The summed E-state index contributed by atoms with van der Waals surface area (Å²) in [5, 5.41) is 0.258. The number of hydrogen-bond acceptors (Lipinski definition) is 4. The maximum absolute atomic E-state index is 11.5. The third-order valence-electron chi connectivity index (χ3n) is 3.95. The molecule has 2 N–H and O–H groups in total. The van der Waals surface area contributed by atoms with Crippen molar-refractivity contribution in [2.24, 2.45) is 11.1 Å². The van der Waals surface area contributed by atoms with Crippen molar-refractivity contribution in [3.8, 4) is 0 Å². The Morgan fingerprint density at radius 2 is 2.05 bits per heavy atom. The van der Waals surface area contributed by atoms with Crippen LogP contribution >= 0.6 is 27.7 Å². The van der Waals surface area contributed by atoms with Gasteiger partial charge in [-0.05, 0) is 42.9 Å². The molecule has 3 nitrogen and oxygen atoms in total. The van der Waals surface area contributed by atoms with E-state index in [0.717, 1.165) is 23.1 Å². The molecule has 21 heavy (non-hydrogen) atoms. The van der Waals surface area contributed by atoms with Crippen molar-refractivity contribution in [1.29, 1.82) is 0 Å². The molecule has 0 spiro atoms. The number of hydrogen-bond donors (Lipinski definition) is 1. The van der Waals surface area contributed by atoms with Crippen LogP contribution in [0, 0.1) is 5.41 Å². The van der Waals surface area contributed by atoms with Crippen LogP contribution in [0.2, 0.25) is 0 Å². The van der Waals surface area contributed by atoms with Gasteiger partial charge in [-0.1, -0.05) is 28.1 Å². The monoisotopic (exact) mass is 371 g/mol. The second-order valence-corrected chi connectivity index (χ2v) is 7.94. The van der Waals surface area contributed by atoms with Gasteiger partial charge in [0.05, 0.1) is 13.5 Å². The Morgan fingerprint density at radius 3 is 2.52 bits per heavy atom. The van der Waals surface area contributed by atoms with E-state index in [1.807, 2.05) is 30.8 Å². The Hall–Kier alpha value is -0.520. The number of nitrogens with two attached hydrogens (primary N) is 1. The van der Waals surface area contributed by atoms with Gasteiger partial charge in [-0.3, -0.25) is 4.79 Å². The standard InChI is InChI=1S/C16H22BrNO2S/c1-11(18)15(12-3-5-13(17)6-4-12)21-10-16(7-8-16)9-14(19)20-2/h3-6,11,15H,7-10,18H2,1-2H3. The lowest BCUT2D eigenvalue weighted by Crippen LogP contribution is -2.24. The summed E-state index contributed by atoms with van der Waals surface area (Å²) in [7, 11) is 1.46. The number of esters is 1. The lowest BCUT2D eigenvalue weighted by molar-refractivity contribution is -0.141. The van der Waals surface area contributed by atoms with Gasteiger partial charge in [0, 0.05) is 21.5 Å². The number of rotatable bonds is 7. The molecule has 1 aliphatic carbocycles. The molecule has 2 atom stereocenters. The molecule has 0 saturated heterocycles. The van der Waals surface area contributed by atoms with Crippen molar-refractivity contribution >= 4 is 33.7 Å². The molecule has 5 heteroatoms. The van der Waals surface area contributed by atoms with Crippen LogP contribution in [0.5, 0.6) is 0 Å². The summed E-state index contributed by atoms with van der Waals surface area (Å²) in [6.07, 6.45) is 2.75. The molecule has 1 aromatic rings. The second kappa shape index (κ2) is 7.16. The predicted octanol–water partition coefficient (Wildman–Crippen LogP) is 3.91. The molecule has 0 radical (unpaired) electrons. The molecule has 1 fully saturated rings. The van der Waals surface area contributed by atoms with E-state index in [1.165, 1.54) is 12.7 Å². The van der Waals surface area contributed by atoms with E-state index in [9.17, 15) is 4.79 Å². The van der Waals surface area contributed by atoms with Gasteiger partial charge in [-0.15, -0.1) is 0 Å². The highest BCUT2D eigenvalue weighted by Crippen LogP contribution is 2.53. The zero-order valence-electron chi connectivity index (χ0n) is 12.5. The Kier molecular flexibility index (Phi) is 5.74. The smallest absolute Gasteiger partial charge is 0.306 e. The average Bonchev–Trinajstić information content (AvgIpc) is 3.20. The van der Waals surface area contributed by atoms with E-state index >= 15 is 0 Å². The van der Waals surface area contributed by atoms with E-state index in [1.54, 1.807) is 0 Å². The lowest BCUT2D eigenvalue weighted by Gasteiger charge is -2.23. The van der Waals surface area contributed by atoms with Gasteiger partial charge in [0.1, 0.15) is 0 Å². The number of methoxy groups -OCH3 is 1. The molecule has 0 bridgehead atoms. The normalized spacial score (nSPS) is 18.9. The molecule has 1 saturated carbocycles. The number of carbonyl (C=O) groups is 1. The summed E-state index contributed by atoms with van der Waals surface area (Å²) in [4.78, 5) is 11.5. The molecular formula is C16H22BrNO2S. The van der Waals surface area contributed by atoms with E-state index in [-0.39, 0.29) is 22.7 Å². The fraction of sp³-hybridized carbons (Fsp3) is 0.562. The van der Waals surface area contributed by atoms with Gasteiger partial charge >= 0.3 is 5.97 Å². The first-order valence-corrected chi connectivity index (χ1v) is 8.99. The van der Waals surface area contributed by atoms with E-state index in [2.05, 4.69) is 28.1 Å². The highest BCUT2D eigenvalue weighted by molar-refractivity contribution is 9.10. The first kappa shape index (κ1) is 16.8. The van der Waals surface area contributed by atoms with Gasteiger partial charge in [-0.2, -0.15) is 11.8 Å². The summed E-state index contributed by atoms with van der Waals surface area (Å²) < 4.78 is 5.87.